The van der Waals surface area contributed by atoms with Crippen LogP contribution in [0.2, 0.25) is 0 Å². The van der Waals surface area contributed by atoms with Gasteiger partial charge in [0.05, 0.1) is 6.61 Å². The van der Waals surface area contributed by atoms with E-state index in [0.29, 0.717) is 18.8 Å². The topological polar surface area (TPSA) is 84.7 Å². The van der Waals surface area contributed by atoms with Crippen molar-refractivity contribution in [2.75, 3.05) is 30.0 Å². The molecule has 1 aromatic carbocycles. The molecule has 96 valence electrons. The quantitative estimate of drug-likeness (QED) is 0.814. The first-order valence-electron chi connectivity index (χ1n) is 5.63. The number of primary amides is 1. The second kappa shape index (κ2) is 5.05. The van der Waals surface area contributed by atoms with E-state index in [2.05, 4.69) is 5.32 Å². The van der Waals surface area contributed by atoms with E-state index in [1.54, 1.807) is 23.1 Å². The third-order valence-corrected chi connectivity index (χ3v) is 2.74. The number of carbonyl (C=O) groups excluding carboxylic acids is 2. The van der Waals surface area contributed by atoms with Gasteiger partial charge in [-0.05, 0) is 30.7 Å². The van der Waals surface area contributed by atoms with Crippen LogP contribution >= 0.6 is 0 Å². The molecule has 3 N–H and O–H groups in total. The molecule has 0 aromatic heterocycles. The number of nitrogens with two attached hydrogens (primary N) is 1. The zero-order valence-electron chi connectivity index (χ0n) is 10.1. The molecule has 0 atom stereocenters. The van der Waals surface area contributed by atoms with Crippen molar-refractivity contribution in [3.8, 4) is 0 Å². The first kappa shape index (κ1) is 12.4. The average molecular weight is 249 g/mol. The lowest BCUT2D eigenvalue weighted by molar-refractivity contribution is -0.125. The summed E-state index contributed by atoms with van der Waals surface area (Å²) >= 11 is 0. The third kappa shape index (κ3) is 2.60. The minimum atomic E-state index is -0.607. The van der Waals surface area contributed by atoms with E-state index >= 15 is 0 Å². The molecule has 6 heteroatoms. The highest BCUT2D eigenvalue weighted by Gasteiger charge is 2.21. The Hall–Kier alpha value is -2.08. The van der Waals surface area contributed by atoms with Gasteiger partial charge in [0.2, 0.25) is 0 Å². The summed E-state index contributed by atoms with van der Waals surface area (Å²) in [5.41, 5.74) is 7.39. The number of anilines is 2. The minimum absolute atomic E-state index is 0.0556. The highest BCUT2D eigenvalue weighted by atomic mass is 16.5. The summed E-state index contributed by atoms with van der Waals surface area (Å²) in [4.78, 5) is 24.2. The van der Waals surface area contributed by atoms with Crippen molar-refractivity contribution in [3.05, 3.63) is 23.8 Å². The van der Waals surface area contributed by atoms with E-state index in [1.165, 1.54) is 0 Å². The van der Waals surface area contributed by atoms with Gasteiger partial charge in [0.15, 0.2) is 0 Å². The van der Waals surface area contributed by atoms with Crippen molar-refractivity contribution in [1.82, 2.24) is 0 Å². The minimum Gasteiger partial charge on any atom is -0.370 e. The fourth-order valence-corrected chi connectivity index (χ4v) is 1.95. The number of hydrogen-bond acceptors (Lipinski definition) is 3. The number of benzene rings is 1. The van der Waals surface area contributed by atoms with Crippen LogP contribution in [0.25, 0.3) is 0 Å². The lowest BCUT2D eigenvalue weighted by atomic mass is 10.1. The van der Waals surface area contributed by atoms with Gasteiger partial charge < -0.3 is 20.7 Å². The highest BCUT2D eigenvalue weighted by Crippen LogP contribution is 2.24. The largest absolute Gasteiger partial charge is 0.370 e. The number of amides is 3. The SMILES string of the molecule is Cc1cc(NC(N)=O)ccc1N1CCOCC1=O. The molecular weight excluding hydrogens is 234 g/mol. The van der Waals surface area contributed by atoms with Crippen molar-refractivity contribution < 1.29 is 14.3 Å². The van der Waals surface area contributed by atoms with Crippen LogP contribution < -0.4 is 16.0 Å². The normalized spacial score (nSPS) is 15.6. The summed E-state index contributed by atoms with van der Waals surface area (Å²) in [7, 11) is 0. The van der Waals surface area contributed by atoms with Crippen LogP contribution in [0.1, 0.15) is 5.56 Å². The number of hydrogen-bond donors (Lipinski definition) is 2. The summed E-state index contributed by atoms with van der Waals surface area (Å²) in [5, 5.41) is 2.50. The molecule has 1 saturated heterocycles. The summed E-state index contributed by atoms with van der Waals surface area (Å²) in [5.74, 6) is -0.0556. The summed E-state index contributed by atoms with van der Waals surface area (Å²) in [6.07, 6.45) is 0. The van der Waals surface area contributed by atoms with Gasteiger partial charge in [0.1, 0.15) is 6.61 Å². The van der Waals surface area contributed by atoms with Crippen LogP contribution in [0.5, 0.6) is 0 Å². The Morgan fingerprint density at radius 3 is 2.89 bits per heavy atom. The van der Waals surface area contributed by atoms with Crippen molar-refractivity contribution in [2.24, 2.45) is 5.73 Å². The standard InChI is InChI=1S/C12H15N3O3/c1-8-6-9(14-12(13)17)2-3-10(8)15-4-5-18-7-11(15)16/h2-3,6H,4-5,7H2,1H3,(H3,13,14,17). The van der Waals surface area contributed by atoms with E-state index in [0.717, 1.165) is 11.3 Å². The molecule has 0 saturated carbocycles. The van der Waals surface area contributed by atoms with Gasteiger partial charge in [0, 0.05) is 17.9 Å². The van der Waals surface area contributed by atoms with Gasteiger partial charge in [-0.25, -0.2) is 4.79 Å². The number of morpholine rings is 1. The molecule has 3 amide bonds. The number of nitrogens with zero attached hydrogens (tertiary/aromatic N) is 1. The predicted octanol–water partition coefficient (Wildman–Crippen LogP) is 0.849. The Labute approximate surface area is 105 Å². The van der Waals surface area contributed by atoms with Gasteiger partial charge in [-0.15, -0.1) is 0 Å². The number of aryl methyl sites for hydroxylation is 1. The summed E-state index contributed by atoms with van der Waals surface area (Å²) < 4.78 is 5.08. The zero-order chi connectivity index (χ0) is 13.1. The lowest BCUT2D eigenvalue weighted by Gasteiger charge is -2.28. The molecule has 0 unspecified atom stereocenters. The molecule has 1 heterocycles. The first-order chi connectivity index (χ1) is 8.58. The maximum atomic E-state index is 11.7. The number of nitrogens with one attached hydrogen (secondary N) is 1. The zero-order valence-corrected chi connectivity index (χ0v) is 10.1. The molecule has 0 aliphatic carbocycles. The van der Waals surface area contributed by atoms with E-state index in [1.807, 2.05) is 6.92 Å². The Balaban J connectivity index is 2.23. The molecule has 2 rings (SSSR count). The van der Waals surface area contributed by atoms with E-state index in [9.17, 15) is 9.59 Å². The van der Waals surface area contributed by atoms with Crippen molar-refractivity contribution in [3.63, 3.8) is 0 Å². The Kier molecular flexibility index (Phi) is 3.47. The third-order valence-electron chi connectivity index (χ3n) is 2.74. The Morgan fingerprint density at radius 2 is 2.28 bits per heavy atom. The number of ether oxygens (including phenoxy) is 1. The molecule has 6 nitrogen and oxygen atoms in total. The van der Waals surface area contributed by atoms with Crippen LogP contribution in [0, 0.1) is 6.92 Å². The van der Waals surface area contributed by atoms with Gasteiger partial charge >= 0.3 is 6.03 Å². The smallest absolute Gasteiger partial charge is 0.316 e. The number of rotatable bonds is 2. The van der Waals surface area contributed by atoms with E-state index < -0.39 is 6.03 Å². The average Bonchev–Trinajstić information content (AvgIpc) is 2.30. The molecule has 1 aliphatic rings. The van der Waals surface area contributed by atoms with Crippen LogP contribution in [0.15, 0.2) is 18.2 Å². The lowest BCUT2D eigenvalue weighted by Crippen LogP contribution is -2.42. The maximum Gasteiger partial charge on any atom is 0.316 e. The van der Waals surface area contributed by atoms with E-state index in [-0.39, 0.29) is 12.5 Å². The fraction of sp³-hybridized carbons (Fsp3) is 0.333. The summed E-state index contributed by atoms with van der Waals surface area (Å²) in [6, 6.07) is 4.69. The monoisotopic (exact) mass is 249 g/mol. The molecule has 1 aromatic rings. The van der Waals surface area contributed by atoms with Crippen molar-refractivity contribution >= 4 is 23.3 Å². The second-order valence-corrected chi connectivity index (χ2v) is 4.09. The van der Waals surface area contributed by atoms with Gasteiger partial charge in [-0.1, -0.05) is 0 Å². The highest BCUT2D eigenvalue weighted by molar-refractivity contribution is 5.96. The van der Waals surface area contributed by atoms with Gasteiger partial charge in [-0.2, -0.15) is 0 Å². The Bertz CT molecular complexity index is 487. The van der Waals surface area contributed by atoms with Gasteiger partial charge in [-0.3, -0.25) is 4.79 Å². The number of carbonyl (C=O) groups is 2. The molecule has 1 fully saturated rings. The number of urea groups is 1. The molecule has 0 bridgehead atoms. The second-order valence-electron chi connectivity index (χ2n) is 4.09. The predicted molar refractivity (Wildman–Crippen MR) is 67.6 cm³/mol. The van der Waals surface area contributed by atoms with Crippen LogP contribution in [0.4, 0.5) is 16.2 Å². The van der Waals surface area contributed by atoms with E-state index in [4.69, 9.17) is 10.5 Å². The molecule has 0 spiro atoms. The Morgan fingerprint density at radius 1 is 1.50 bits per heavy atom. The first-order valence-corrected chi connectivity index (χ1v) is 5.63. The van der Waals surface area contributed by atoms with Crippen molar-refractivity contribution in [2.45, 2.75) is 6.92 Å². The molecule has 0 radical (unpaired) electrons. The fourth-order valence-electron chi connectivity index (χ4n) is 1.95. The van der Waals surface area contributed by atoms with Crippen molar-refractivity contribution in [1.29, 1.82) is 0 Å². The van der Waals surface area contributed by atoms with Gasteiger partial charge in [0.25, 0.3) is 5.91 Å². The van der Waals surface area contributed by atoms with Crippen LogP contribution in [0.3, 0.4) is 0 Å². The van der Waals surface area contributed by atoms with Crippen LogP contribution in [-0.4, -0.2) is 31.7 Å². The molecule has 1 aliphatic heterocycles. The maximum absolute atomic E-state index is 11.7. The summed E-state index contributed by atoms with van der Waals surface area (Å²) in [6.45, 7) is 3.07. The van der Waals surface area contributed by atoms with Crippen LogP contribution in [-0.2, 0) is 9.53 Å². The molecular formula is C12H15N3O3. The molecule has 18 heavy (non-hydrogen) atoms.